The molecular formula is C27H30Cl2N2O6S. The van der Waals surface area contributed by atoms with Crippen LogP contribution in [-0.4, -0.2) is 59.6 Å². The van der Waals surface area contributed by atoms with Crippen LogP contribution in [0, 0.1) is 17.2 Å². The van der Waals surface area contributed by atoms with Crippen molar-refractivity contribution in [1.82, 2.24) is 4.90 Å². The molecule has 2 aliphatic rings. The molecule has 1 saturated carbocycles. The maximum atomic E-state index is 13.3. The van der Waals surface area contributed by atoms with E-state index in [1.165, 1.54) is 18.7 Å². The first-order valence-corrected chi connectivity index (χ1v) is 14.5. The lowest BCUT2D eigenvalue weighted by atomic mass is 9.98. The third-order valence-electron chi connectivity index (χ3n) is 6.63. The highest BCUT2D eigenvalue weighted by Crippen LogP contribution is 2.42. The number of carboxylic acids is 1. The van der Waals surface area contributed by atoms with Crippen LogP contribution in [0.2, 0.25) is 10.0 Å². The van der Waals surface area contributed by atoms with Gasteiger partial charge in [-0.25, -0.2) is 8.42 Å². The predicted molar refractivity (Wildman–Crippen MR) is 144 cm³/mol. The Morgan fingerprint density at radius 1 is 1.13 bits per heavy atom. The monoisotopic (exact) mass is 580 g/mol. The van der Waals surface area contributed by atoms with Crippen LogP contribution in [-0.2, 0) is 24.2 Å². The lowest BCUT2D eigenvalue weighted by Crippen LogP contribution is -2.57. The van der Waals surface area contributed by atoms with Crippen LogP contribution in [0.5, 0.6) is 0 Å². The first-order valence-electron chi connectivity index (χ1n) is 12.1. The fourth-order valence-electron chi connectivity index (χ4n) is 4.16. The number of halogens is 2. The highest BCUT2D eigenvalue weighted by Gasteiger charge is 2.49. The second-order valence-corrected chi connectivity index (χ2v) is 13.3. The Balaban J connectivity index is 0.000000494. The van der Waals surface area contributed by atoms with Gasteiger partial charge in [0, 0.05) is 16.1 Å². The van der Waals surface area contributed by atoms with Crippen LogP contribution in [0.25, 0.3) is 0 Å². The van der Waals surface area contributed by atoms with Gasteiger partial charge in [-0.15, -0.1) is 0 Å². The number of hydrogen-bond donors (Lipinski definition) is 1. The highest BCUT2D eigenvalue weighted by atomic mass is 35.5. The van der Waals surface area contributed by atoms with E-state index in [1.807, 2.05) is 36.4 Å². The molecule has 0 spiro atoms. The number of carbonyl (C=O) groups is 2. The average Bonchev–Trinajstić information content (AvgIpc) is 3.71. The second kappa shape index (κ2) is 12.5. The molecule has 1 aliphatic carbocycles. The van der Waals surface area contributed by atoms with Gasteiger partial charge in [-0.2, -0.15) is 5.26 Å². The van der Waals surface area contributed by atoms with Crippen molar-refractivity contribution < 1.29 is 27.9 Å². The Kier molecular flexibility index (Phi) is 9.82. The molecule has 3 unspecified atom stereocenters. The summed E-state index contributed by atoms with van der Waals surface area (Å²) in [4.78, 5) is 26.1. The molecule has 4 rings (SSSR count). The zero-order valence-electron chi connectivity index (χ0n) is 21.1. The summed E-state index contributed by atoms with van der Waals surface area (Å²) in [5, 5.41) is 19.8. The molecule has 1 amide bonds. The first-order chi connectivity index (χ1) is 17.9. The van der Waals surface area contributed by atoms with Crippen LogP contribution in [0.15, 0.2) is 54.6 Å². The SMILES string of the molecule is CC(C)(C#N)S(=O)(=O)CC(C1CC1)N1C(=O)C(CC(=O)O)OCC1c1ccc(Cl)cc1.Clc1ccccc1. The highest BCUT2D eigenvalue weighted by molar-refractivity contribution is 7.93. The minimum atomic E-state index is -3.87. The van der Waals surface area contributed by atoms with Gasteiger partial charge in [0.15, 0.2) is 14.6 Å². The summed E-state index contributed by atoms with van der Waals surface area (Å²) in [6, 6.07) is 16.8. The van der Waals surface area contributed by atoms with E-state index in [9.17, 15) is 28.4 Å². The molecule has 0 aromatic heterocycles. The third kappa shape index (κ3) is 7.48. The normalized spacial score (nSPS) is 20.6. The van der Waals surface area contributed by atoms with E-state index in [1.54, 1.807) is 24.3 Å². The topological polar surface area (TPSA) is 125 Å². The predicted octanol–water partition coefficient (Wildman–Crippen LogP) is 4.92. The zero-order chi connectivity index (χ0) is 28.1. The molecule has 3 atom stereocenters. The van der Waals surface area contributed by atoms with Crippen LogP contribution in [0.3, 0.4) is 0 Å². The smallest absolute Gasteiger partial charge is 0.306 e. The number of aliphatic carboxylic acids is 1. The van der Waals surface area contributed by atoms with Crippen LogP contribution >= 0.6 is 23.2 Å². The van der Waals surface area contributed by atoms with Gasteiger partial charge in [-0.1, -0.05) is 53.5 Å². The van der Waals surface area contributed by atoms with Gasteiger partial charge in [-0.05, 0) is 62.4 Å². The lowest BCUT2D eigenvalue weighted by Gasteiger charge is -2.44. The van der Waals surface area contributed by atoms with Gasteiger partial charge < -0.3 is 14.7 Å². The fourth-order valence-corrected chi connectivity index (χ4v) is 5.87. The quantitative estimate of drug-likeness (QED) is 0.469. The molecule has 1 N–H and O–H groups in total. The van der Waals surface area contributed by atoms with E-state index >= 15 is 0 Å². The molecule has 1 heterocycles. The third-order valence-corrected chi connectivity index (χ3v) is 9.56. The molecule has 38 heavy (non-hydrogen) atoms. The van der Waals surface area contributed by atoms with E-state index < -0.39 is 51.1 Å². The maximum Gasteiger partial charge on any atom is 0.306 e. The molecule has 0 radical (unpaired) electrons. The Bertz CT molecular complexity index is 1270. The molecule has 8 nitrogen and oxygen atoms in total. The zero-order valence-corrected chi connectivity index (χ0v) is 23.4. The van der Waals surface area contributed by atoms with E-state index in [2.05, 4.69) is 0 Å². The summed E-state index contributed by atoms with van der Waals surface area (Å²) in [7, 11) is -3.87. The number of carbonyl (C=O) groups excluding carboxylic acids is 1. The van der Waals surface area contributed by atoms with Crippen molar-refractivity contribution in [3.8, 4) is 6.07 Å². The van der Waals surface area contributed by atoms with Crippen molar-refractivity contribution in [2.45, 2.75) is 56.0 Å². The number of hydrogen-bond acceptors (Lipinski definition) is 6. The van der Waals surface area contributed by atoms with E-state index in [0.29, 0.717) is 10.6 Å². The number of benzene rings is 2. The van der Waals surface area contributed by atoms with Crippen molar-refractivity contribution in [3.63, 3.8) is 0 Å². The molecule has 1 saturated heterocycles. The minimum absolute atomic E-state index is 0.0356. The van der Waals surface area contributed by atoms with Gasteiger partial charge in [0.2, 0.25) is 0 Å². The second-order valence-electron chi connectivity index (χ2n) is 9.84. The summed E-state index contributed by atoms with van der Waals surface area (Å²) in [5.74, 6) is -2.13. The number of sulfone groups is 1. The molecule has 204 valence electrons. The number of nitriles is 1. The molecule has 2 aromatic carbocycles. The van der Waals surface area contributed by atoms with E-state index in [-0.39, 0.29) is 18.3 Å². The summed E-state index contributed by atoms with van der Waals surface area (Å²) in [6.07, 6.45) is -0.172. The molecule has 11 heteroatoms. The van der Waals surface area contributed by atoms with Gasteiger partial charge in [0.05, 0.1) is 30.9 Å². The fraction of sp³-hybridized carbons (Fsp3) is 0.444. The molecular weight excluding hydrogens is 551 g/mol. The Hall–Kier alpha value is -2.64. The van der Waals surface area contributed by atoms with Crippen molar-refractivity contribution >= 4 is 44.9 Å². The minimum Gasteiger partial charge on any atom is -0.481 e. The van der Waals surface area contributed by atoms with Crippen molar-refractivity contribution in [2.24, 2.45) is 5.92 Å². The summed E-state index contributed by atoms with van der Waals surface area (Å²) >= 11 is 11.5. The summed E-state index contributed by atoms with van der Waals surface area (Å²) in [6.45, 7) is 2.73. The van der Waals surface area contributed by atoms with Crippen LogP contribution in [0.4, 0.5) is 0 Å². The summed E-state index contributed by atoms with van der Waals surface area (Å²) in [5.41, 5.74) is 0.717. The molecule has 2 fully saturated rings. The number of amides is 1. The van der Waals surface area contributed by atoms with E-state index in [4.69, 9.17) is 27.9 Å². The first kappa shape index (κ1) is 29.9. The van der Waals surface area contributed by atoms with Gasteiger partial charge in [0.25, 0.3) is 5.91 Å². The Morgan fingerprint density at radius 3 is 2.18 bits per heavy atom. The van der Waals surface area contributed by atoms with Crippen molar-refractivity contribution in [3.05, 3.63) is 70.2 Å². The Morgan fingerprint density at radius 2 is 1.71 bits per heavy atom. The summed E-state index contributed by atoms with van der Waals surface area (Å²) < 4.78 is 30.0. The lowest BCUT2D eigenvalue weighted by molar-refractivity contribution is -0.169. The van der Waals surface area contributed by atoms with Crippen molar-refractivity contribution in [1.29, 1.82) is 5.26 Å². The van der Waals surface area contributed by atoms with Gasteiger partial charge in [-0.3, -0.25) is 9.59 Å². The van der Waals surface area contributed by atoms with Gasteiger partial charge in [0.1, 0.15) is 6.10 Å². The maximum absolute atomic E-state index is 13.3. The molecule has 0 bridgehead atoms. The molecule has 1 aliphatic heterocycles. The van der Waals surface area contributed by atoms with Crippen LogP contribution < -0.4 is 0 Å². The molecule has 2 aromatic rings. The number of rotatable bonds is 8. The Labute approximate surface area is 233 Å². The van der Waals surface area contributed by atoms with Crippen molar-refractivity contribution in [2.75, 3.05) is 12.4 Å². The number of ether oxygens (including phenoxy) is 1. The standard InChI is InChI=1S/C21H25ClN2O6S.C6H5Cl/c1-21(2,12-23)31(28,29)11-17(14-3-4-14)24-16(13-5-7-15(22)8-6-13)10-30-18(20(24)27)9-19(25)26;7-6-4-2-1-3-5-6/h5-8,14,16-18H,3-4,9-11H2,1-2H3,(H,25,26);1-5H. The number of nitrogens with zero attached hydrogens (tertiary/aromatic N) is 2. The van der Waals surface area contributed by atoms with Gasteiger partial charge >= 0.3 is 5.97 Å². The number of carboxylic acid groups (broad SMARTS) is 1. The number of morpholine rings is 1. The average molecular weight is 582 g/mol. The largest absolute Gasteiger partial charge is 0.481 e. The van der Waals surface area contributed by atoms with E-state index in [0.717, 1.165) is 17.9 Å². The van der Waals surface area contributed by atoms with Crippen LogP contribution in [0.1, 0.15) is 44.7 Å².